The van der Waals surface area contributed by atoms with E-state index in [2.05, 4.69) is 20.4 Å². The molecule has 0 aromatic carbocycles. The maximum Gasteiger partial charge on any atom is 0.132 e. The van der Waals surface area contributed by atoms with Crippen LogP contribution in [0.1, 0.15) is 24.1 Å². The summed E-state index contributed by atoms with van der Waals surface area (Å²) in [5.41, 5.74) is 2.53. The van der Waals surface area contributed by atoms with E-state index in [-0.39, 0.29) is 0 Å². The summed E-state index contributed by atoms with van der Waals surface area (Å²) in [5, 5.41) is 7.58. The van der Waals surface area contributed by atoms with Crippen LogP contribution >= 0.6 is 0 Å². The van der Waals surface area contributed by atoms with Gasteiger partial charge in [-0.25, -0.2) is 9.97 Å². The number of hydrogen-bond acceptors (Lipinski definition) is 4. The van der Waals surface area contributed by atoms with Crippen molar-refractivity contribution in [3.05, 3.63) is 36.0 Å². The normalized spacial score (nSPS) is 14.2. The molecule has 0 unspecified atom stereocenters. The van der Waals surface area contributed by atoms with E-state index in [0.717, 1.165) is 31.7 Å². The molecule has 0 atom stereocenters. The van der Waals surface area contributed by atoms with Gasteiger partial charge in [-0.15, -0.1) is 0 Å². The third-order valence-corrected chi connectivity index (χ3v) is 3.32. The second kappa shape index (κ2) is 5.16. The fraction of sp³-hybridized carbons (Fsp3) is 0.462. The lowest BCUT2D eigenvalue weighted by Crippen LogP contribution is -2.16. The molecule has 5 nitrogen and oxygen atoms in total. The Kier molecular flexibility index (Phi) is 3.21. The molecule has 1 aliphatic rings. The van der Waals surface area contributed by atoms with Crippen LogP contribution in [0.2, 0.25) is 0 Å². The molecule has 0 fully saturated rings. The molecule has 0 spiro atoms. The molecule has 2 aromatic heterocycles. The molecule has 0 bridgehead atoms. The Bertz CT molecular complexity index is 506. The van der Waals surface area contributed by atoms with E-state index in [1.54, 1.807) is 12.5 Å². The minimum Gasteiger partial charge on any atom is -0.368 e. The number of hydrogen-bond donors (Lipinski definition) is 1. The van der Waals surface area contributed by atoms with Crippen LogP contribution in [-0.2, 0) is 19.4 Å². The molecular formula is C13H17N5. The smallest absolute Gasteiger partial charge is 0.132 e. The first-order chi connectivity index (χ1) is 8.93. The molecule has 5 heteroatoms. The van der Waals surface area contributed by atoms with Gasteiger partial charge in [-0.3, -0.25) is 4.68 Å². The Morgan fingerprint density at radius 1 is 1.22 bits per heavy atom. The first kappa shape index (κ1) is 11.2. The van der Waals surface area contributed by atoms with Crippen LogP contribution in [0.4, 0.5) is 5.82 Å². The number of nitrogens with one attached hydrogen (secondary N) is 1. The van der Waals surface area contributed by atoms with E-state index >= 15 is 0 Å². The average Bonchev–Trinajstić information content (AvgIpc) is 2.92. The van der Waals surface area contributed by atoms with Crippen molar-refractivity contribution < 1.29 is 0 Å². The first-order valence-corrected chi connectivity index (χ1v) is 6.47. The van der Waals surface area contributed by atoms with Crippen LogP contribution in [0.3, 0.4) is 0 Å². The molecule has 94 valence electrons. The largest absolute Gasteiger partial charge is 0.368 e. The lowest BCUT2D eigenvalue weighted by molar-refractivity contribution is 0.632. The SMILES string of the molecule is c1cnn(CCNc2ncnc3c2CCCC3)c1. The minimum absolute atomic E-state index is 0.838. The highest BCUT2D eigenvalue weighted by Crippen LogP contribution is 2.24. The van der Waals surface area contributed by atoms with Crippen LogP contribution < -0.4 is 5.32 Å². The van der Waals surface area contributed by atoms with Crippen molar-refractivity contribution in [1.82, 2.24) is 19.7 Å². The molecule has 18 heavy (non-hydrogen) atoms. The zero-order valence-corrected chi connectivity index (χ0v) is 10.3. The fourth-order valence-electron chi connectivity index (χ4n) is 2.40. The number of aryl methyl sites for hydroxylation is 1. The first-order valence-electron chi connectivity index (χ1n) is 6.47. The van der Waals surface area contributed by atoms with Crippen molar-refractivity contribution in [2.75, 3.05) is 11.9 Å². The summed E-state index contributed by atoms with van der Waals surface area (Å²) in [7, 11) is 0. The van der Waals surface area contributed by atoms with Crippen LogP contribution in [0, 0.1) is 0 Å². The van der Waals surface area contributed by atoms with Gasteiger partial charge in [0.1, 0.15) is 12.1 Å². The van der Waals surface area contributed by atoms with Gasteiger partial charge >= 0.3 is 0 Å². The zero-order valence-electron chi connectivity index (χ0n) is 10.3. The Morgan fingerprint density at radius 3 is 3.06 bits per heavy atom. The highest BCUT2D eigenvalue weighted by molar-refractivity contribution is 5.46. The summed E-state index contributed by atoms with van der Waals surface area (Å²) < 4.78 is 1.92. The number of fused-ring (bicyclic) bond motifs is 1. The summed E-state index contributed by atoms with van der Waals surface area (Å²) in [6.45, 7) is 1.69. The average molecular weight is 243 g/mol. The fourth-order valence-corrected chi connectivity index (χ4v) is 2.40. The number of anilines is 1. The standard InChI is InChI=1S/C13H17N5/c1-2-5-12-11(4-1)13(16-10-15-12)14-7-9-18-8-3-6-17-18/h3,6,8,10H,1-2,4-5,7,9H2,(H,14,15,16). The zero-order chi connectivity index (χ0) is 12.2. The van der Waals surface area contributed by atoms with Gasteiger partial charge in [0.2, 0.25) is 0 Å². The predicted molar refractivity (Wildman–Crippen MR) is 69.4 cm³/mol. The van der Waals surface area contributed by atoms with E-state index in [4.69, 9.17) is 0 Å². The molecule has 0 radical (unpaired) electrons. The molecule has 3 rings (SSSR count). The Morgan fingerprint density at radius 2 is 2.17 bits per heavy atom. The molecule has 0 amide bonds. The van der Waals surface area contributed by atoms with Crippen molar-refractivity contribution in [1.29, 1.82) is 0 Å². The van der Waals surface area contributed by atoms with E-state index < -0.39 is 0 Å². The third-order valence-electron chi connectivity index (χ3n) is 3.32. The molecule has 0 saturated heterocycles. The van der Waals surface area contributed by atoms with E-state index in [1.165, 1.54) is 24.1 Å². The molecule has 2 heterocycles. The topological polar surface area (TPSA) is 55.6 Å². The summed E-state index contributed by atoms with van der Waals surface area (Å²) in [5.74, 6) is 1.01. The van der Waals surface area contributed by atoms with E-state index in [9.17, 15) is 0 Å². The minimum atomic E-state index is 0.838. The van der Waals surface area contributed by atoms with Gasteiger partial charge in [0, 0.05) is 30.2 Å². The van der Waals surface area contributed by atoms with Crippen LogP contribution in [0.5, 0.6) is 0 Å². The van der Waals surface area contributed by atoms with Gasteiger partial charge < -0.3 is 5.32 Å². The van der Waals surface area contributed by atoms with Gasteiger partial charge in [0.05, 0.1) is 6.54 Å². The summed E-state index contributed by atoms with van der Waals surface area (Å²) >= 11 is 0. The van der Waals surface area contributed by atoms with Gasteiger partial charge in [-0.1, -0.05) is 0 Å². The lowest BCUT2D eigenvalue weighted by Gasteiger charge is -2.17. The maximum atomic E-state index is 4.37. The van der Waals surface area contributed by atoms with E-state index in [0.29, 0.717) is 0 Å². The van der Waals surface area contributed by atoms with Gasteiger partial charge in [0.15, 0.2) is 0 Å². The monoisotopic (exact) mass is 243 g/mol. The second-order valence-electron chi connectivity index (χ2n) is 4.55. The third kappa shape index (κ3) is 2.34. The predicted octanol–water partition coefficient (Wildman–Crippen LogP) is 1.66. The quantitative estimate of drug-likeness (QED) is 0.887. The Balaban J connectivity index is 1.65. The molecule has 2 aromatic rings. The highest BCUT2D eigenvalue weighted by Gasteiger charge is 2.14. The summed E-state index contributed by atoms with van der Waals surface area (Å²) in [4.78, 5) is 8.73. The van der Waals surface area contributed by atoms with E-state index in [1.807, 2.05) is 16.9 Å². The van der Waals surface area contributed by atoms with Crippen LogP contribution in [-0.4, -0.2) is 26.3 Å². The second-order valence-corrected chi connectivity index (χ2v) is 4.55. The van der Waals surface area contributed by atoms with Crippen molar-refractivity contribution in [3.8, 4) is 0 Å². The lowest BCUT2D eigenvalue weighted by atomic mass is 9.96. The maximum absolute atomic E-state index is 4.37. The molecular weight excluding hydrogens is 226 g/mol. The van der Waals surface area contributed by atoms with Gasteiger partial charge in [-0.05, 0) is 31.7 Å². The number of aromatic nitrogens is 4. The Labute approximate surface area is 106 Å². The van der Waals surface area contributed by atoms with Crippen molar-refractivity contribution in [3.63, 3.8) is 0 Å². The van der Waals surface area contributed by atoms with Crippen LogP contribution in [0.15, 0.2) is 24.8 Å². The van der Waals surface area contributed by atoms with Crippen molar-refractivity contribution in [2.24, 2.45) is 0 Å². The van der Waals surface area contributed by atoms with Gasteiger partial charge in [-0.2, -0.15) is 5.10 Å². The molecule has 0 saturated carbocycles. The van der Waals surface area contributed by atoms with Crippen molar-refractivity contribution >= 4 is 5.82 Å². The molecule has 0 aliphatic heterocycles. The van der Waals surface area contributed by atoms with Crippen molar-refractivity contribution in [2.45, 2.75) is 32.2 Å². The molecule has 1 aliphatic carbocycles. The Hall–Kier alpha value is -1.91. The highest BCUT2D eigenvalue weighted by atomic mass is 15.3. The summed E-state index contributed by atoms with van der Waals surface area (Å²) in [6.07, 6.45) is 10.1. The number of nitrogens with zero attached hydrogens (tertiary/aromatic N) is 4. The molecule has 1 N–H and O–H groups in total. The number of rotatable bonds is 4. The van der Waals surface area contributed by atoms with Crippen LogP contribution in [0.25, 0.3) is 0 Å². The van der Waals surface area contributed by atoms with Gasteiger partial charge in [0.25, 0.3) is 0 Å². The summed E-state index contributed by atoms with van der Waals surface area (Å²) in [6, 6.07) is 1.94.